The van der Waals surface area contributed by atoms with Crippen LogP contribution in [0.15, 0.2) is 0 Å². The van der Waals surface area contributed by atoms with Gasteiger partial charge in [-0.2, -0.15) is 0 Å². The van der Waals surface area contributed by atoms with Crippen molar-refractivity contribution in [2.24, 2.45) is 0 Å². The van der Waals surface area contributed by atoms with Crippen LogP contribution >= 0.6 is 0 Å². The fourth-order valence-corrected chi connectivity index (χ4v) is 1.65. The van der Waals surface area contributed by atoms with Gasteiger partial charge in [-0.3, -0.25) is 0 Å². The number of nitrogens with zero attached hydrogens (tertiary/aromatic N) is 2. The van der Waals surface area contributed by atoms with E-state index < -0.39 is 0 Å². The van der Waals surface area contributed by atoms with Crippen molar-refractivity contribution in [2.45, 2.75) is 12.5 Å². The van der Waals surface area contributed by atoms with E-state index in [-0.39, 0.29) is 0 Å². The van der Waals surface area contributed by atoms with E-state index in [9.17, 15) is 0 Å². The Kier molecular flexibility index (Phi) is 4.54. The Morgan fingerprint density at radius 3 is 2.67 bits per heavy atom. The second kappa shape index (κ2) is 5.20. The van der Waals surface area contributed by atoms with Crippen LogP contribution in [0, 0.1) is 0 Å². The van der Waals surface area contributed by atoms with E-state index in [1.54, 1.807) is 0 Å². The van der Waals surface area contributed by atoms with Gasteiger partial charge in [0.2, 0.25) is 0 Å². The summed E-state index contributed by atoms with van der Waals surface area (Å²) in [5, 5.41) is 0. The van der Waals surface area contributed by atoms with Crippen molar-refractivity contribution in [1.82, 2.24) is 9.80 Å². The van der Waals surface area contributed by atoms with Crippen LogP contribution in [0.4, 0.5) is 0 Å². The summed E-state index contributed by atoms with van der Waals surface area (Å²) in [5.41, 5.74) is 0. The monoisotopic (exact) mass is 237 g/mol. The van der Waals surface area contributed by atoms with Crippen LogP contribution in [0.1, 0.15) is 6.42 Å². The molecule has 3 nitrogen and oxygen atoms in total. The van der Waals surface area contributed by atoms with Crippen molar-refractivity contribution in [1.29, 1.82) is 0 Å². The van der Waals surface area contributed by atoms with Crippen LogP contribution < -0.4 is 0 Å². The third-order valence-electron chi connectivity index (χ3n) is 2.37. The molecule has 0 spiro atoms. The first-order valence-electron chi connectivity index (χ1n) is 4.37. The van der Waals surface area contributed by atoms with Gasteiger partial charge in [0.25, 0.3) is 0 Å². The molecule has 0 saturated carbocycles. The zero-order valence-corrected chi connectivity index (χ0v) is 9.54. The maximum atomic E-state index is 4.87. The number of hydrogen-bond donors (Lipinski definition) is 0. The van der Waals surface area contributed by atoms with Gasteiger partial charge in [0.1, 0.15) is 0 Å². The zero-order valence-electron chi connectivity index (χ0n) is 7.82. The number of likely N-dealkylation sites (tertiary alicyclic amines) is 1. The molecule has 0 unspecified atom stereocenters. The molecule has 0 aromatic heterocycles. The summed E-state index contributed by atoms with van der Waals surface area (Å²) in [5.74, 6) is 0. The maximum absolute atomic E-state index is 4.87. The SMILES string of the molecule is CN(C)C1CN(CCCO[Se])C1. The molecule has 12 heavy (non-hydrogen) atoms. The van der Waals surface area contributed by atoms with Gasteiger partial charge in [-0.15, -0.1) is 0 Å². The number of hydrogen-bond acceptors (Lipinski definition) is 3. The first-order chi connectivity index (χ1) is 5.74. The van der Waals surface area contributed by atoms with E-state index in [0.717, 1.165) is 19.1 Å². The quantitative estimate of drug-likeness (QED) is 0.482. The fraction of sp³-hybridized carbons (Fsp3) is 1.00. The molecule has 1 saturated heterocycles. The Bertz CT molecular complexity index is 126. The minimum absolute atomic E-state index is 0.777. The summed E-state index contributed by atoms with van der Waals surface area (Å²) < 4.78 is 4.87. The van der Waals surface area contributed by atoms with E-state index in [1.807, 2.05) is 0 Å². The molecule has 1 heterocycles. The summed E-state index contributed by atoms with van der Waals surface area (Å²) in [6, 6.07) is 0.777. The number of likely N-dealkylation sites (N-methyl/N-ethyl adjacent to an activating group) is 1. The van der Waals surface area contributed by atoms with Crippen LogP contribution in [0.25, 0.3) is 0 Å². The molecule has 0 bridgehead atoms. The Hall–Kier alpha value is 0.399. The normalized spacial score (nSPS) is 20.0. The standard InChI is InChI=1S/C8H17N2OSe/c1-9(2)8-6-10(7-8)4-3-5-11-12/h8H,3-7H2,1-2H3. The summed E-state index contributed by atoms with van der Waals surface area (Å²) in [4.78, 5) is 4.75. The van der Waals surface area contributed by atoms with Gasteiger partial charge >= 0.3 is 82.8 Å². The first-order valence-corrected chi connectivity index (χ1v) is 5.07. The molecule has 1 radical (unpaired) electrons. The van der Waals surface area contributed by atoms with Gasteiger partial charge in [0.05, 0.1) is 0 Å². The van der Waals surface area contributed by atoms with Crippen LogP contribution in [-0.4, -0.2) is 72.5 Å². The average Bonchev–Trinajstić information content (AvgIpc) is 1.93. The molecule has 0 aliphatic carbocycles. The van der Waals surface area contributed by atoms with E-state index in [1.165, 1.54) is 19.6 Å². The van der Waals surface area contributed by atoms with Gasteiger partial charge in [-0.05, 0) is 0 Å². The van der Waals surface area contributed by atoms with Crippen LogP contribution in [0.5, 0.6) is 0 Å². The molecule has 1 aliphatic rings. The van der Waals surface area contributed by atoms with Crippen molar-refractivity contribution in [3.63, 3.8) is 0 Å². The molecule has 4 heteroatoms. The van der Waals surface area contributed by atoms with Crippen LogP contribution in [0.3, 0.4) is 0 Å². The molecule has 0 atom stereocenters. The zero-order chi connectivity index (χ0) is 8.97. The third kappa shape index (κ3) is 3.03. The summed E-state index contributed by atoms with van der Waals surface area (Å²) in [6.45, 7) is 4.45. The van der Waals surface area contributed by atoms with Crippen molar-refractivity contribution >= 4 is 16.3 Å². The van der Waals surface area contributed by atoms with Crippen molar-refractivity contribution in [3.05, 3.63) is 0 Å². The Morgan fingerprint density at radius 2 is 2.17 bits per heavy atom. The molecule has 1 rings (SSSR count). The van der Waals surface area contributed by atoms with E-state index in [2.05, 4.69) is 40.2 Å². The summed E-state index contributed by atoms with van der Waals surface area (Å²) >= 11 is 2.55. The Labute approximate surface area is 83.2 Å². The molecular weight excluding hydrogens is 219 g/mol. The van der Waals surface area contributed by atoms with Gasteiger partial charge in [0.15, 0.2) is 0 Å². The van der Waals surface area contributed by atoms with Crippen molar-refractivity contribution in [2.75, 3.05) is 40.3 Å². The van der Waals surface area contributed by atoms with Crippen LogP contribution in [-0.2, 0) is 3.82 Å². The van der Waals surface area contributed by atoms with Gasteiger partial charge in [0, 0.05) is 0 Å². The predicted octanol–water partition coefficient (Wildman–Crippen LogP) is -0.278. The molecule has 71 valence electrons. The third-order valence-corrected chi connectivity index (χ3v) is 2.72. The molecule has 0 N–H and O–H groups in total. The fourth-order valence-electron chi connectivity index (χ4n) is 1.40. The van der Waals surface area contributed by atoms with E-state index in [4.69, 9.17) is 3.82 Å². The molecule has 0 amide bonds. The summed E-state index contributed by atoms with van der Waals surface area (Å²) in [6.07, 6.45) is 1.13. The molecular formula is C8H17N2OSe. The molecule has 1 fully saturated rings. The van der Waals surface area contributed by atoms with Gasteiger partial charge < -0.3 is 0 Å². The first kappa shape index (κ1) is 10.5. The predicted molar refractivity (Wildman–Crippen MR) is 50.2 cm³/mol. The van der Waals surface area contributed by atoms with Crippen molar-refractivity contribution in [3.8, 4) is 0 Å². The Morgan fingerprint density at radius 1 is 1.50 bits per heavy atom. The van der Waals surface area contributed by atoms with Crippen LogP contribution in [0.2, 0.25) is 0 Å². The average molecular weight is 236 g/mol. The van der Waals surface area contributed by atoms with Gasteiger partial charge in [-0.1, -0.05) is 0 Å². The minimum atomic E-state index is 0.777. The topological polar surface area (TPSA) is 15.7 Å². The van der Waals surface area contributed by atoms with E-state index >= 15 is 0 Å². The molecule has 0 aromatic rings. The second-order valence-electron chi connectivity index (χ2n) is 3.55. The summed E-state index contributed by atoms with van der Waals surface area (Å²) in [7, 11) is 4.29. The second-order valence-corrected chi connectivity index (χ2v) is 4.05. The number of rotatable bonds is 5. The molecule has 1 aliphatic heterocycles. The van der Waals surface area contributed by atoms with Gasteiger partial charge in [-0.25, -0.2) is 0 Å². The Balaban J connectivity index is 1.95. The molecule has 0 aromatic carbocycles. The van der Waals surface area contributed by atoms with E-state index in [0.29, 0.717) is 0 Å². The van der Waals surface area contributed by atoms with Crippen molar-refractivity contribution < 1.29 is 3.82 Å².